The van der Waals surface area contributed by atoms with E-state index in [1.807, 2.05) is 0 Å². The largest absolute Gasteiger partial charge is 0.478 e. The summed E-state index contributed by atoms with van der Waals surface area (Å²) in [4.78, 5) is 37.5. The van der Waals surface area contributed by atoms with Crippen LogP contribution in [0.3, 0.4) is 0 Å². The van der Waals surface area contributed by atoms with E-state index in [9.17, 15) is 18.8 Å². The lowest BCUT2D eigenvalue weighted by Crippen LogP contribution is -2.54. The van der Waals surface area contributed by atoms with Crippen LogP contribution in [0.1, 0.15) is 16.1 Å². The number of furan rings is 1. The Bertz CT molecular complexity index is 1330. The van der Waals surface area contributed by atoms with Gasteiger partial charge in [0.1, 0.15) is 22.9 Å². The Morgan fingerprint density at radius 1 is 1.16 bits per heavy atom. The van der Waals surface area contributed by atoms with Crippen LogP contribution in [0, 0.1) is 5.82 Å². The summed E-state index contributed by atoms with van der Waals surface area (Å²) in [6.45, 7) is 0. The van der Waals surface area contributed by atoms with Crippen LogP contribution in [0.2, 0.25) is 5.02 Å². The minimum Gasteiger partial charge on any atom is -0.478 e. The van der Waals surface area contributed by atoms with Crippen LogP contribution in [-0.4, -0.2) is 28.0 Å². The van der Waals surface area contributed by atoms with Crippen molar-refractivity contribution in [2.24, 2.45) is 0 Å². The number of nitrogens with zero attached hydrogens (tertiary/aromatic N) is 1. The minimum atomic E-state index is -1.16. The van der Waals surface area contributed by atoms with Gasteiger partial charge in [-0.25, -0.2) is 9.18 Å². The molecular formula is C22H12ClFN2O5S. The van der Waals surface area contributed by atoms with E-state index < -0.39 is 23.6 Å². The van der Waals surface area contributed by atoms with Crippen LogP contribution in [0.15, 0.2) is 64.6 Å². The van der Waals surface area contributed by atoms with Gasteiger partial charge >= 0.3 is 5.97 Å². The van der Waals surface area contributed by atoms with Crippen molar-refractivity contribution in [2.75, 3.05) is 4.90 Å². The molecule has 0 unspecified atom stereocenters. The number of benzene rings is 2. The number of carbonyl (C=O) groups excluding carboxylic acids is 2. The second-order valence-electron chi connectivity index (χ2n) is 6.64. The van der Waals surface area contributed by atoms with Crippen LogP contribution in [0.4, 0.5) is 10.1 Å². The maximum absolute atomic E-state index is 13.6. The lowest BCUT2D eigenvalue weighted by molar-refractivity contribution is -0.122. The van der Waals surface area contributed by atoms with Crippen LogP contribution in [-0.2, 0) is 9.59 Å². The average molecular weight is 471 g/mol. The first-order chi connectivity index (χ1) is 15.2. The number of hydrogen-bond acceptors (Lipinski definition) is 5. The van der Waals surface area contributed by atoms with Crippen LogP contribution >= 0.6 is 23.8 Å². The number of carboxylic acid groups (broad SMARTS) is 1. The molecule has 1 aliphatic rings. The predicted molar refractivity (Wildman–Crippen MR) is 119 cm³/mol. The van der Waals surface area contributed by atoms with Gasteiger partial charge in [-0.05, 0) is 60.8 Å². The van der Waals surface area contributed by atoms with Crippen molar-refractivity contribution >= 4 is 58.5 Å². The fourth-order valence-corrected chi connectivity index (χ4v) is 3.62. The van der Waals surface area contributed by atoms with Crippen molar-refractivity contribution in [2.45, 2.75) is 0 Å². The maximum atomic E-state index is 13.6. The number of anilines is 1. The Labute approximate surface area is 190 Å². The van der Waals surface area contributed by atoms with E-state index in [-0.39, 0.29) is 32.7 Å². The molecule has 2 aromatic carbocycles. The van der Waals surface area contributed by atoms with Gasteiger partial charge in [0.05, 0.1) is 16.3 Å². The van der Waals surface area contributed by atoms with Crippen molar-refractivity contribution in [1.82, 2.24) is 5.32 Å². The molecule has 2 heterocycles. The molecule has 2 N–H and O–H groups in total. The van der Waals surface area contributed by atoms with Crippen LogP contribution in [0.25, 0.3) is 17.4 Å². The molecule has 2 amide bonds. The second kappa shape index (κ2) is 8.37. The molecule has 1 saturated heterocycles. The Morgan fingerprint density at radius 2 is 1.94 bits per heavy atom. The van der Waals surface area contributed by atoms with Gasteiger partial charge in [0.25, 0.3) is 11.8 Å². The van der Waals surface area contributed by atoms with Gasteiger partial charge in [-0.2, -0.15) is 0 Å². The molecule has 160 valence electrons. The van der Waals surface area contributed by atoms with Gasteiger partial charge in [-0.1, -0.05) is 23.7 Å². The molecule has 0 bridgehead atoms. The highest BCUT2D eigenvalue weighted by Crippen LogP contribution is 2.29. The highest BCUT2D eigenvalue weighted by Gasteiger charge is 2.34. The molecular weight excluding hydrogens is 459 g/mol. The summed E-state index contributed by atoms with van der Waals surface area (Å²) in [6.07, 6.45) is 1.24. The molecule has 4 rings (SSSR count). The number of carboxylic acids is 1. The van der Waals surface area contributed by atoms with Gasteiger partial charge in [0.15, 0.2) is 5.11 Å². The van der Waals surface area contributed by atoms with Crippen molar-refractivity contribution in [3.8, 4) is 11.3 Å². The van der Waals surface area contributed by atoms with Crippen molar-refractivity contribution in [1.29, 1.82) is 0 Å². The Hall–Kier alpha value is -3.82. The Kier molecular flexibility index (Phi) is 5.60. The van der Waals surface area contributed by atoms with Gasteiger partial charge < -0.3 is 9.52 Å². The molecule has 10 heteroatoms. The van der Waals surface area contributed by atoms with Gasteiger partial charge in [-0.15, -0.1) is 0 Å². The molecule has 32 heavy (non-hydrogen) atoms. The standard InChI is InChI=1S/C22H12ClFN2O5S/c23-17-8-11(4-6-15(17)21(29)30)18-7-5-14(31-18)10-16-19(27)25-22(32)26(20(16)28)13-3-1-2-12(24)9-13/h1-10H,(H,29,30)(H,25,27,32)/b16-10-. The molecule has 7 nitrogen and oxygen atoms in total. The SMILES string of the molecule is O=C1NC(=S)N(c2cccc(F)c2)C(=O)/C1=C\c1ccc(-c2ccc(C(=O)O)c(Cl)c2)o1. The summed E-state index contributed by atoms with van der Waals surface area (Å²) in [5.41, 5.74) is 0.357. The quantitative estimate of drug-likeness (QED) is 0.335. The number of carbonyl (C=O) groups is 3. The first-order valence-corrected chi connectivity index (χ1v) is 9.83. The normalized spacial score (nSPS) is 15.2. The number of halogens is 2. The molecule has 1 aromatic heterocycles. The molecule has 0 radical (unpaired) electrons. The topological polar surface area (TPSA) is 99.9 Å². The van der Waals surface area contributed by atoms with Gasteiger partial charge in [0.2, 0.25) is 0 Å². The van der Waals surface area contributed by atoms with E-state index in [0.717, 1.165) is 11.0 Å². The first-order valence-electron chi connectivity index (χ1n) is 9.04. The summed E-state index contributed by atoms with van der Waals surface area (Å²) in [6, 6.07) is 12.6. The van der Waals surface area contributed by atoms with Crippen LogP contribution < -0.4 is 10.2 Å². The predicted octanol–water partition coefficient (Wildman–Crippen LogP) is 4.27. The summed E-state index contributed by atoms with van der Waals surface area (Å²) in [7, 11) is 0. The summed E-state index contributed by atoms with van der Waals surface area (Å²) in [5.74, 6) is -2.66. The molecule has 0 atom stereocenters. The molecule has 1 fully saturated rings. The van der Waals surface area contributed by atoms with Gasteiger partial charge in [0, 0.05) is 5.56 Å². The molecule has 1 aliphatic heterocycles. The van der Waals surface area contributed by atoms with E-state index in [2.05, 4.69) is 5.32 Å². The Morgan fingerprint density at radius 3 is 2.62 bits per heavy atom. The van der Waals surface area contributed by atoms with Gasteiger partial charge in [-0.3, -0.25) is 19.8 Å². The highest BCUT2D eigenvalue weighted by atomic mass is 35.5. The van der Waals surface area contributed by atoms with E-state index in [1.54, 1.807) is 6.07 Å². The summed E-state index contributed by atoms with van der Waals surface area (Å²) in [5, 5.41) is 11.3. The number of aromatic carboxylic acids is 1. The lowest BCUT2D eigenvalue weighted by Gasteiger charge is -2.28. The highest BCUT2D eigenvalue weighted by molar-refractivity contribution is 7.80. The summed E-state index contributed by atoms with van der Waals surface area (Å²) < 4.78 is 19.3. The monoisotopic (exact) mass is 470 g/mol. The number of amides is 2. The molecule has 0 spiro atoms. The van der Waals surface area contributed by atoms with E-state index in [1.165, 1.54) is 48.5 Å². The van der Waals surface area contributed by atoms with E-state index in [0.29, 0.717) is 11.3 Å². The summed E-state index contributed by atoms with van der Waals surface area (Å²) >= 11 is 11.1. The molecule has 3 aromatic rings. The zero-order chi connectivity index (χ0) is 23.0. The maximum Gasteiger partial charge on any atom is 0.337 e. The number of nitrogens with one attached hydrogen (secondary N) is 1. The smallest absolute Gasteiger partial charge is 0.337 e. The zero-order valence-electron chi connectivity index (χ0n) is 16.0. The third kappa shape index (κ3) is 4.03. The number of thiocarbonyl (C=S) groups is 1. The van der Waals surface area contributed by atoms with E-state index in [4.69, 9.17) is 33.3 Å². The zero-order valence-corrected chi connectivity index (χ0v) is 17.5. The third-order valence-electron chi connectivity index (χ3n) is 4.57. The van der Waals surface area contributed by atoms with E-state index >= 15 is 0 Å². The average Bonchev–Trinajstić information content (AvgIpc) is 3.19. The second-order valence-corrected chi connectivity index (χ2v) is 7.43. The third-order valence-corrected chi connectivity index (χ3v) is 5.16. The first kappa shape index (κ1) is 21.4. The molecule has 0 saturated carbocycles. The fourth-order valence-electron chi connectivity index (χ4n) is 3.08. The van der Waals surface area contributed by atoms with Crippen molar-refractivity contribution in [3.05, 3.63) is 82.3 Å². The molecule has 0 aliphatic carbocycles. The number of rotatable bonds is 4. The number of hydrogen-bond donors (Lipinski definition) is 2. The lowest BCUT2D eigenvalue weighted by atomic mass is 10.1. The minimum absolute atomic E-state index is 0.0346. The van der Waals surface area contributed by atoms with Crippen molar-refractivity contribution in [3.63, 3.8) is 0 Å². The fraction of sp³-hybridized carbons (Fsp3) is 0. The Balaban J connectivity index is 1.66. The van der Waals surface area contributed by atoms with Crippen LogP contribution in [0.5, 0.6) is 0 Å². The van der Waals surface area contributed by atoms with Crippen molar-refractivity contribution < 1.29 is 28.3 Å².